The van der Waals surface area contributed by atoms with Gasteiger partial charge in [0.05, 0.1) is 0 Å². The van der Waals surface area contributed by atoms with Crippen LogP contribution in [0.4, 0.5) is 0 Å². The Morgan fingerprint density at radius 2 is 2.30 bits per heavy atom. The van der Waals surface area contributed by atoms with Crippen LogP contribution in [0.1, 0.15) is 32.6 Å². The molecule has 0 aromatic heterocycles. The van der Waals surface area contributed by atoms with Crippen LogP contribution in [0, 0.1) is 5.92 Å². The summed E-state index contributed by atoms with van der Waals surface area (Å²) in [6.07, 6.45) is 9.89. The monoisotopic (exact) mass is 139 g/mol. The van der Waals surface area contributed by atoms with Gasteiger partial charge in [-0.25, -0.2) is 0 Å². The van der Waals surface area contributed by atoms with E-state index in [0.717, 1.165) is 5.92 Å². The lowest BCUT2D eigenvalue weighted by Crippen LogP contribution is -2.12. The molecule has 1 rings (SSSR count). The summed E-state index contributed by atoms with van der Waals surface area (Å²) in [7, 11) is 0. The molecule has 0 heterocycles. The average Bonchev–Trinajstić information content (AvgIpc) is 1.75. The molecule has 1 saturated carbocycles. The van der Waals surface area contributed by atoms with E-state index in [0.29, 0.717) is 0 Å². The van der Waals surface area contributed by atoms with Crippen molar-refractivity contribution in [1.29, 1.82) is 0 Å². The molecule has 58 valence electrons. The quantitative estimate of drug-likeness (QED) is 0.595. The van der Waals surface area contributed by atoms with Gasteiger partial charge in [0.25, 0.3) is 0 Å². The predicted octanol–water partition coefficient (Wildman–Crippen LogP) is 2.08. The molecule has 1 nitrogen and oxygen atoms in total. The Balaban J connectivity index is 2.03. The van der Waals surface area contributed by atoms with E-state index in [2.05, 4.69) is 12.2 Å². The third kappa shape index (κ3) is 2.53. The van der Waals surface area contributed by atoms with Crippen LogP contribution in [-0.2, 0) is 0 Å². The van der Waals surface area contributed by atoms with E-state index in [1.807, 2.05) is 6.92 Å². The van der Waals surface area contributed by atoms with E-state index in [4.69, 9.17) is 5.73 Å². The Morgan fingerprint density at radius 1 is 1.60 bits per heavy atom. The van der Waals surface area contributed by atoms with E-state index in [1.165, 1.54) is 25.7 Å². The average molecular weight is 139 g/mol. The highest BCUT2D eigenvalue weighted by atomic mass is 14.6. The van der Waals surface area contributed by atoms with Crippen molar-refractivity contribution < 1.29 is 0 Å². The van der Waals surface area contributed by atoms with Crippen LogP contribution in [0.25, 0.3) is 0 Å². The van der Waals surface area contributed by atoms with Gasteiger partial charge in [0.2, 0.25) is 0 Å². The number of allylic oxidation sites excluding steroid dienone is 1. The van der Waals surface area contributed by atoms with Crippen LogP contribution in [0.5, 0.6) is 0 Å². The van der Waals surface area contributed by atoms with Gasteiger partial charge in [-0.2, -0.15) is 0 Å². The van der Waals surface area contributed by atoms with Crippen LogP contribution >= 0.6 is 0 Å². The van der Waals surface area contributed by atoms with Crippen molar-refractivity contribution in [3.8, 4) is 0 Å². The highest BCUT2D eigenvalue weighted by Crippen LogP contribution is 2.29. The van der Waals surface area contributed by atoms with Crippen molar-refractivity contribution in [2.24, 2.45) is 11.7 Å². The van der Waals surface area contributed by atoms with Crippen molar-refractivity contribution >= 4 is 0 Å². The largest absolute Gasteiger partial charge is 0.325 e. The Labute approximate surface area is 63.3 Å². The van der Waals surface area contributed by atoms with Crippen molar-refractivity contribution in [3.63, 3.8) is 0 Å². The number of rotatable bonds is 3. The molecule has 0 amide bonds. The van der Waals surface area contributed by atoms with Gasteiger partial charge in [-0.1, -0.05) is 31.4 Å². The molecule has 0 saturated heterocycles. The standard InChI is InChI=1S/C9H17N/c1-8(10)4-2-5-9-6-3-7-9/h2,4,8-9H,3,5-7,10H2,1H3/b4-2+. The second-order valence-corrected chi connectivity index (χ2v) is 3.32. The van der Waals surface area contributed by atoms with Gasteiger partial charge in [-0.05, 0) is 19.3 Å². The molecule has 2 N–H and O–H groups in total. The predicted molar refractivity (Wildman–Crippen MR) is 44.7 cm³/mol. The van der Waals surface area contributed by atoms with E-state index in [1.54, 1.807) is 0 Å². The Morgan fingerprint density at radius 3 is 2.70 bits per heavy atom. The minimum Gasteiger partial charge on any atom is -0.325 e. The minimum atomic E-state index is 0.236. The molecule has 1 aliphatic carbocycles. The maximum Gasteiger partial charge on any atom is 0.0194 e. The Bertz CT molecular complexity index is 112. The van der Waals surface area contributed by atoms with Gasteiger partial charge in [0.1, 0.15) is 0 Å². The highest BCUT2D eigenvalue weighted by molar-refractivity contribution is 4.91. The molecule has 0 spiro atoms. The van der Waals surface area contributed by atoms with E-state index < -0.39 is 0 Å². The first kappa shape index (κ1) is 7.80. The Kier molecular flexibility index (Phi) is 2.94. The SMILES string of the molecule is CC(N)/C=C/CC1CCC1. The summed E-state index contributed by atoms with van der Waals surface area (Å²) in [6, 6.07) is 0.236. The Hall–Kier alpha value is -0.300. The normalized spacial score (nSPS) is 23.0. The fraction of sp³-hybridized carbons (Fsp3) is 0.778. The first-order valence-corrected chi connectivity index (χ1v) is 4.21. The van der Waals surface area contributed by atoms with Crippen LogP contribution < -0.4 is 5.73 Å². The summed E-state index contributed by atoms with van der Waals surface area (Å²) in [6.45, 7) is 2.01. The third-order valence-corrected chi connectivity index (χ3v) is 2.13. The minimum absolute atomic E-state index is 0.236. The number of hydrogen-bond acceptors (Lipinski definition) is 1. The summed E-state index contributed by atoms with van der Waals surface area (Å²) >= 11 is 0. The van der Waals surface area contributed by atoms with Crippen LogP contribution in [0.2, 0.25) is 0 Å². The van der Waals surface area contributed by atoms with Gasteiger partial charge >= 0.3 is 0 Å². The fourth-order valence-corrected chi connectivity index (χ4v) is 1.21. The van der Waals surface area contributed by atoms with Gasteiger partial charge in [0, 0.05) is 6.04 Å². The highest BCUT2D eigenvalue weighted by Gasteiger charge is 2.14. The molecular weight excluding hydrogens is 122 g/mol. The van der Waals surface area contributed by atoms with Crippen molar-refractivity contribution in [2.75, 3.05) is 0 Å². The summed E-state index contributed by atoms with van der Waals surface area (Å²) < 4.78 is 0. The van der Waals surface area contributed by atoms with E-state index in [-0.39, 0.29) is 6.04 Å². The zero-order valence-electron chi connectivity index (χ0n) is 6.72. The third-order valence-electron chi connectivity index (χ3n) is 2.13. The van der Waals surface area contributed by atoms with E-state index in [9.17, 15) is 0 Å². The molecule has 0 aromatic carbocycles. The maximum atomic E-state index is 5.55. The molecular formula is C9H17N. The summed E-state index contributed by atoms with van der Waals surface area (Å²) in [5.74, 6) is 0.981. The van der Waals surface area contributed by atoms with Gasteiger partial charge < -0.3 is 5.73 Å². The number of hydrogen-bond donors (Lipinski definition) is 1. The van der Waals surface area contributed by atoms with Crippen molar-refractivity contribution in [2.45, 2.75) is 38.6 Å². The molecule has 1 unspecified atom stereocenters. The summed E-state index contributed by atoms with van der Waals surface area (Å²) in [4.78, 5) is 0. The van der Waals surface area contributed by atoms with Gasteiger partial charge in [-0.3, -0.25) is 0 Å². The summed E-state index contributed by atoms with van der Waals surface area (Å²) in [5.41, 5.74) is 5.55. The lowest BCUT2D eigenvalue weighted by atomic mass is 9.83. The van der Waals surface area contributed by atoms with Crippen molar-refractivity contribution in [3.05, 3.63) is 12.2 Å². The molecule has 1 fully saturated rings. The molecule has 1 heteroatoms. The van der Waals surface area contributed by atoms with Crippen LogP contribution in [-0.4, -0.2) is 6.04 Å². The molecule has 0 radical (unpaired) electrons. The van der Waals surface area contributed by atoms with Crippen LogP contribution in [0.3, 0.4) is 0 Å². The molecule has 1 aliphatic rings. The second-order valence-electron chi connectivity index (χ2n) is 3.32. The van der Waals surface area contributed by atoms with Gasteiger partial charge in [0.15, 0.2) is 0 Å². The first-order chi connectivity index (χ1) is 4.79. The molecule has 0 aromatic rings. The second kappa shape index (κ2) is 3.77. The topological polar surface area (TPSA) is 26.0 Å². The molecule has 1 atom stereocenters. The molecule has 0 bridgehead atoms. The zero-order valence-corrected chi connectivity index (χ0v) is 6.72. The maximum absolute atomic E-state index is 5.55. The lowest BCUT2D eigenvalue weighted by molar-refractivity contribution is 0.319. The fourth-order valence-electron chi connectivity index (χ4n) is 1.21. The molecule has 10 heavy (non-hydrogen) atoms. The van der Waals surface area contributed by atoms with Gasteiger partial charge in [-0.15, -0.1) is 0 Å². The zero-order chi connectivity index (χ0) is 7.40. The summed E-state index contributed by atoms with van der Waals surface area (Å²) in [5, 5.41) is 0. The number of nitrogens with two attached hydrogens (primary N) is 1. The molecule has 0 aliphatic heterocycles. The smallest absolute Gasteiger partial charge is 0.0194 e. The van der Waals surface area contributed by atoms with Crippen molar-refractivity contribution in [1.82, 2.24) is 0 Å². The van der Waals surface area contributed by atoms with Crippen LogP contribution in [0.15, 0.2) is 12.2 Å². The lowest BCUT2D eigenvalue weighted by Gasteiger charge is -2.23. The van der Waals surface area contributed by atoms with E-state index >= 15 is 0 Å². The first-order valence-electron chi connectivity index (χ1n) is 4.21.